The van der Waals surface area contributed by atoms with Gasteiger partial charge in [-0.05, 0) is 36.8 Å². The largest absolute Gasteiger partial charge is 0.496 e. The summed E-state index contributed by atoms with van der Waals surface area (Å²) in [5.41, 5.74) is 0.463. The molecule has 2 amide bonds. The Morgan fingerprint density at radius 3 is 2.19 bits per heavy atom. The monoisotopic (exact) mass is 445 g/mol. The van der Waals surface area contributed by atoms with Gasteiger partial charge in [-0.15, -0.1) is 0 Å². The predicted molar refractivity (Wildman–Crippen MR) is 125 cm³/mol. The van der Waals surface area contributed by atoms with Gasteiger partial charge < -0.3 is 19.7 Å². The van der Waals surface area contributed by atoms with Crippen LogP contribution in [-0.4, -0.2) is 74.6 Å². The van der Waals surface area contributed by atoms with Crippen molar-refractivity contribution in [1.82, 2.24) is 15.1 Å². The van der Waals surface area contributed by atoms with E-state index in [4.69, 9.17) is 9.47 Å². The zero-order valence-electron chi connectivity index (χ0n) is 20.1. The van der Waals surface area contributed by atoms with Gasteiger partial charge in [0, 0.05) is 32.7 Å². The Bertz CT molecular complexity index is 748. The van der Waals surface area contributed by atoms with Crippen LogP contribution in [0, 0.1) is 11.8 Å². The van der Waals surface area contributed by atoms with Gasteiger partial charge in [-0.1, -0.05) is 39.2 Å². The maximum absolute atomic E-state index is 13.3. The predicted octanol–water partition coefficient (Wildman–Crippen LogP) is 3.18. The summed E-state index contributed by atoms with van der Waals surface area (Å²) < 4.78 is 10.8. The SMILES string of the molecule is CC[C@H](C)CNC(=O)[C@@H](C1CCCC1)N1CCN(C(=O)c2c(OC)cccc2OC)CC1. The normalized spacial score (nSPS) is 19.4. The van der Waals surface area contributed by atoms with E-state index in [2.05, 4.69) is 24.1 Å². The van der Waals surface area contributed by atoms with E-state index in [1.165, 1.54) is 12.8 Å². The summed E-state index contributed by atoms with van der Waals surface area (Å²) in [6.07, 6.45) is 5.68. The molecule has 0 spiro atoms. The molecule has 7 nitrogen and oxygen atoms in total. The van der Waals surface area contributed by atoms with E-state index in [-0.39, 0.29) is 17.9 Å². The molecule has 0 radical (unpaired) electrons. The number of benzene rings is 1. The Morgan fingerprint density at radius 2 is 1.66 bits per heavy atom. The smallest absolute Gasteiger partial charge is 0.261 e. The Labute approximate surface area is 192 Å². The lowest BCUT2D eigenvalue weighted by Gasteiger charge is -2.41. The molecule has 7 heteroatoms. The van der Waals surface area contributed by atoms with Crippen LogP contribution in [0.5, 0.6) is 11.5 Å². The van der Waals surface area contributed by atoms with Crippen molar-refractivity contribution in [2.24, 2.45) is 11.8 Å². The Hall–Kier alpha value is -2.28. The first-order valence-corrected chi connectivity index (χ1v) is 12.0. The molecule has 0 unspecified atom stereocenters. The zero-order valence-corrected chi connectivity index (χ0v) is 20.1. The molecule has 1 saturated heterocycles. The number of amides is 2. The molecule has 1 heterocycles. The topological polar surface area (TPSA) is 71.1 Å². The Balaban J connectivity index is 1.68. The summed E-state index contributed by atoms with van der Waals surface area (Å²) in [4.78, 5) is 30.6. The average Bonchev–Trinajstić information content (AvgIpc) is 3.36. The average molecular weight is 446 g/mol. The molecule has 2 aliphatic rings. The molecule has 2 atom stereocenters. The number of hydrogen-bond acceptors (Lipinski definition) is 5. The van der Waals surface area contributed by atoms with Gasteiger partial charge in [0.15, 0.2) is 0 Å². The van der Waals surface area contributed by atoms with Gasteiger partial charge in [0.05, 0.1) is 20.3 Å². The maximum atomic E-state index is 13.3. The van der Waals surface area contributed by atoms with Crippen molar-refractivity contribution in [3.8, 4) is 11.5 Å². The van der Waals surface area contributed by atoms with Crippen LogP contribution in [-0.2, 0) is 4.79 Å². The molecule has 1 saturated carbocycles. The van der Waals surface area contributed by atoms with Crippen LogP contribution in [0.2, 0.25) is 0 Å². The first kappa shape index (κ1) is 24.4. The number of carbonyl (C=O) groups excluding carboxylic acids is 2. The number of nitrogens with one attached hydrogen (secondary N) is 1. The standard InChI is InChI=1S/C25H39N3O4/c1-5-18(2)17-26-24(29)23(19-9-6-7-10-19)27-13-15-28(16-14-27)25(30)22-20(31-3)11-8-12-21(22)32-4/h8,11-12,18-19,23H,5-7,9-10,13-17H2,1-4H3,(H,26,29)/t18-,23+/m0/s1. The van der Waals surface area contributed by atoms with E-state index in [1.807, 2.05) is 11.0 Å². The highest BCUT2D eigenvalue weighted by Crippen LogP contribution is 2.32. The summed E-state index contributed by atoms with van der Waals surface area (Å²) in [5, 5.41) is 3.20. The maximum Gasteiger partial charge on any atom is 0.261 e. The number of hydrogen-bond donors (Lipinski definition) is 1. The summed E-state index contributed by atoms with van der Waals surface area (Å²) in [6.45, 7) is 7.61. The van der Waals surface area contributed by atoms with Crippen molar-refractivity contribution in [2.75, 3.05) is 46.9 Å². The summed E-state index contributed by atoms with van der Waals surface area (Å²) >= 11 is 0. The van der Waals surface area contributed by atoms with Crippen molar-refractivity contribution < 1.29 is 19.1 Å². The third-order valence-electron chi connectivity index (χ3n) is 7.07. The molecular weight excluding hydrogens is 406 g/mol. The first-order valence-electron chi connectivity index (χ1n) is 12.0. The van der Waals surface area contributed by atoms with E-state index in [0.717, 1.165) is 25.8 Å². The number of ether oxygens (including phenoxy) is 2. The minimum Gasteiger partial charge on any atom is -0.496 e. The first-order chi connectivity index (χ1) is 15.5. The molecule has 2 fully saturated rings. The second-order valence-electron chi connectivity index (χ2n) is 9.11. The van der Waals surface area contributed by atoms with Crippen LogP contribution in [0.15, 0.2) is 18.2 Å². The van der Waals surface area contributed by atoms with Crippen molar-refractivity contribution in [2.45, 2.75) is 52.0 Å². The fraction of sp³-hybridized carbons (Fsp3) is 0.680. The molecule has 0 bridgehead atoms. The fourth-order valence-electron chi connectivity index (χ4n) is 4.90. The van der Waals surface area contributed by atoms with Gasteiger partial charge in [0.1, 0.15) is 17.1 Å². The van der Waals surface area contributed by atoms with Gasteiger partial charge in [-0.25, -0.2) is 0 Å². The minimum atomic E-state index is -0.0976. The molecule has 1 N–H and O–H groups in total. The molecular formula is C25H39N3O4. The highest BCUT2D eigenvalue weighted by Gasteiger charge is 2.38. The Morgan fingerprint density at radius 1 is 1.06 bits per heavy atom. The lowest BCUT2D eigenvalue weighted by molar-refractivity contribution is -0.129. The summed E-state index contributed by atoms with van der Waals surface area (Å²) in [7, 11) is 3.13. The number of nitrogens with zero attached hydrogens (tertiary/aromatic N) is 2. The second kappa shape index (κ2) is 11.5. The number of methoxy groups -OCH3 is 2. The van der Waals surface area contributed by atoms with Crippen LogP contribution in [0.4, 0.5) is 0 Å². The third-order valence-corrected chi connectivity index (χ3v) is 7.07. The van der Waals surface area contributed by atoms with E-state index in [1.54, 1.807) is 26.4 Å². The van der Waals surface area contributed by atoms with E-state index < -0.39 is 0 Å². The van der Waals surface area contributed by atoms with Gasteiger partial charge in [-0.2, -0.15) is 0 Å². The zero-order chi connectivity index (χ0) is 23.1. The van der Waals surface area contributed by atoms with Crippen molar-refractivity contribution >= 4 is 11.8 Å². The van der Waals surface area contributed by atoms with E-state index in [9.17, 15) is 9.59 Å². The van der Waals surface area contributed by atoms with E-state index in [0.29, 0.717) is 55.1 Å². The van der Waals surface area contributed by atoms with Gasteiger partial charge in [-0.3, -0.25) is 14.5 Å². The molecule has 1 aromatic carbocycles. The third kappa shape index (κ3) is 5.55. The van der Waals surface area contributed by atoms with Crippen molar-refractivity contribution in [3.05, 3.63) is 23.8 Å². The number of carbonyl (C=O) groups is 2. The van der Waals surface area contributed by atoms with Gasteiger partial charge in [0.25, 0.3) is 5.91 Å². The minimum absolute atomic E-state index is 0.0856. The number of rotatable bonds is 9. The van der Waals surface area contributed by atoms with Crippen LogP contribution in [0.1, 0.15) is 56.3 Å². The molecule has 32 heavy (non-hydrogen) atoms. The molecule has 178 valence electrons. The molecule has 1 aliphatic heterocycles. The van der Waals surface area contributed by atoms with Gasteiger partial charge in [0.2, 0.25) is 5.91 Å². The van der Waals surface area contributed by atoms with Crippen molar-refractivity contribution in [1.29, 1.82) is 0 Å². The fourth-order valence-corrected chi connectivity index (χ4v) is 4.90. The van der Waals surface area contributed by atoms with Crippen molar-refractivity contribution in [3.63, 3.8) is 0 Å². The highest BCUT2D eigenvalue weighted by molar-refractivity contribution is 5.99. The van der Waals surface area contributed by atoms with Crippen LogP contribution in [0.25, 0.3) is 0 Å². The second-order valence-corrected chi connectivity index (χ2v) is 9.11. The summed E-state index contributed by atoms with van der Waals surface area (Å²) in [6, 6.07) is 5.28. The highest BCUT2D eigenvalue weighted by atomic mass is 16.5. The quantitative estimate of drug-likeness (QED) is 0.632. The van der Waals surface area contributed by atoms with E-state index >= 15 is 0 Å². The Kier molecular flexibility index (Phi) is 8.79. The van der Waals surface area contributed by atoms with Crippen LogP contribution >= 0.6 is 0 Å². The van der Waals surface area contributed by atoms with Crippen LogP contribution in [0.3, 0.4) is 0 Å². The number of piperazine rings is 1. The van der Waals surface area contributed by atoms with Gasteiger partial charge >= 0.3 is 0 Å². The lowest BCUT2D eigenvalue weighted by Crippen LogP contribution is -2.58. The molecule has 1 aromatic rings. The molecule has 0 aromatic heterocycles. The molecule has 1 aliphatic carbocycles. The molecule has 3 rings (SSSR count). The lowest BCUT2D eigenvalue weighted by atomic mass is 9.94. The summed E-state index contributed by atoms with van der Waals surface area (Å²) in [5.74, 6) is 1.99. The van der Waals surface area contributed by atoms with Crippen LogP contribution < -0.4 is 14.8 Å².